The SMILES string of the molecule is CC(=O)Nc1cccc(N(CCNC(=O)Cc2cccc(C)c2)C(C)=O)c1. The lowest BCUT2D eigenvalue weighted by atomic mass is 10.1. The highest BCUT2D eigenvalue weighted by atomic mass is 16.2. The van der Waals surface area contributed by atoms with Crippen LogP contribution < -0.4 is 15.5 Å². The van der Waals surface area contributed by atoms with Gasteiger partial charge in [0.15, 0.2) is 0 Å². The molecule has 2 N–H and O–H groups in total. The standard InChI is InChI=1S/C21H25N3O3/c1-15-6-4-7-18(12-15)13-21(27)22-10-11-24(17(3)26)20-9-5-8-19(14-20)23-16(2)25/h4-9,12,14H,10-11,13H2,1-3H3,(H,22,27)(H,23,25). The van der Waals surface area contributed by atoms with Crippen LogP contribution in [0.2, 0.25) is 0 Å². The van der Waals surface area contributed by atoms with E-state index in [0.717, 1.165) is 11.1 Å². The molecule has 2 aromatic rings. The molecule has 2 rings (SSSR count). The van der Waals surface area contributed by atoms with Gasteiger partial charge in [0.25, 0.3) is 0 Å². The van der Waals surface area contributed by atoms with Crippen LogP contribution in [0.1, 0.15) is 25.0 Å². The summed E-state index contributed by atoms with van der Waals surface area (Å²) >= 11 is 0. The molecule has 0 aliphatic rings. The molecule has 6 nitrogen and oxygen atoms in total. The Kier molecular flexibility index (Phi) is 7.11. The van der Waals surface area contributed by atoms with Gasteiger partial charge in [-0.3, -0.25) is 14.4 Å². The second kappa shape index (κ2) is 9.52. The van der Waals surface area contributed by atoms with Gasteiger partial charge < -0.3 is 15.5 Å². The number of nitrogens with zero attached hydrogens (tertiary/aromatic N) is 1. The molecule has 0 bridgehead atoms. The summed E-state index contributed by atoms with van der Waals surface area (Å²) in [6.45, 7) is 5.58. The predicted molar refractivity (Wildman–Crippen MR) is 107 cm³/mol. The van der Waals surface area contributed by atoms with E-state index in [4.69, 9.17) is 0 Å². The van der Waals surface area contributed by atoms with Crippen LogP contribution in [0.4, 0.5) is 11.4 Å². The number of carbonyl (C=O) groups is 3. The Morgan fingerprint density at radius 2 is 1.74 bits per heavy atom. The van der Waals surface area contributed by atoms with Gasteiger partial charge >= 0.3 is 0 Å². The summed E-state index contributed by atoms with van der Waals surface area (Å²) in [4.78, 5) is 36.9. The maximum absolute atomic E-state index is 12.1. The topological polar surface area (TPSA) is 78.5 Å². The molecule has 0 spiro atoms. The molecule has 0 atom stereocenters. The first-order valence-corrected chi connectivity index (χ1v) is 8.83. The van der Waals surface area contributed by atoms with Gasteiger partial charge in [-0.15, -0.1) is 0 Å². The van der Waals surface area contributed by atoms with Crippen molar-refractivity contribution in [2.24, 2.45) is 0 Å². The average molecular weight is 367 g/mol. The van der Waals surface area contributed by atoms with Crippen LogP contribution in [0.15, 0.2) is 48.5 Å². The van der Waals surface area contributed by atoms with Gasteiger partial charge in [0.1, 0.15) is 0 Å². The second-order valence-corrected chi connectivity index (χ2v) is 6.42. The van der Waals surface area contributed by atoms with E-state index in [0.29, 0.717) is 30.9 Å². The number of nitrogens with one attached hydrogen (secondary N) is 2. The normalized spacial score (nSPS) is 10.2. The van der Waals surface area contributed by atoms with Crippen LogP contribution in [-0.4, -0.2) is 30.8 Å². The van der Waals surface area contributed by atoms with Gasteiger partial charge in [-0.2, -0.15) is 0 Å². The smallest absolute Gasteiger partial charge is 0.224 e. The molecule has 2 aromatic carbocycles. The van der Waals surface area contributed by atoms with Gasteiger partial charge in [0, 0.05) is 38.3 Å². The third-order valence-corrected chi connectivity index (χ3v) is 3.96. The lowest BCUT2D eigenvalue weighted by Crippen LogP contribution is -2.38. The number of anilines is 2. The van der Waals surface area contributed by atoms with Crippen molar-refractivity contribution < 1.29 is 14.4 Å². The monoisotopic (exact) mass is 367 g/mol. The zero-order chi connectivity index (χ0) is 19.8. The van der Waals surface area contributed by atoms with Crippen LogP contribution in [0.5, 0.6) is 0 Å². The Morgan fingerprint density at radius 1 is 1.00 bits per heavy atom. The molecule has 0 aliphatic carbocycles. The number of carbonyl (C=O) groups excluding carboxylic acids is 3. The van der Waals surface area contributed by atoms with E-state index in [9.17, 15) is 14.4 Å². The summed E-state index contributed by atoms with van der Waals surface area (Å²) < 4.78 is 0. The molecule has 0 heterocycles. The van der Waals surface area contributed by atoms with Crippen molar-refractivity contribution in [1.82, 2.24) is 5.32 Å². The first kappa shape index (κ1) is 20.2. The van der Waals surface area contributed by atoms with Crippen LogP contribution in [-0.2, 0) is 20.8 Å². The van der Waals surface area contributed by atoms with E-state index in [1.807, 2.05) is 31.2 Å². The molecule has 142 valence electrons. The molecule has 0 fully saturated rings. The van der Waals surface area contributed by atoms with Crippen molar-refractivity contribution in [1.29, 1.82) is 0 Å². The molecule has 3 amide bonds. The van der Waals surface area contributed by atoms with Gasteiger partial charge in [0.2, 0.25) is 17.7 Å². The summed E-state index contributed by atoms with van der Waals surface area (Å²) in [5, 5.41) is 5.55. The molecule has 0 aliphatic heterocycles. The van der Waals surface area contributed by atoms with Gasteiger partial charge in [-0.05, 0) is 30.7 Å². The number of rotatable bonds is 7. The maximum atomic E-state index is 12.1. The van der Waals surface area contributed by atoms with Gasteiger partial charge in [-0.1, -0.05) is 35.9 Å². The minimum atomic E-state index is -0.176. The third kappa shape index (κ3) is 6.58. The van der Waals surface area contributed by atoms with E-state index >= 15 is 0 Å². The molecule has 0 unspecified atom stereocenters. The van der Waals surface area contributed by atoms with Crippen LogP contribution >= 0.6 is 0 Å². The lowest BCUT2D eigenvalue weighted by molar-refractivity contribution is -0.121. The molecular weight excluding hydrogens is 342 g/mol. The Bertz CT molecular complexity index is 833. The minimum Gasteiger partial charge on any atom is -0.354 e. The van der Waals surface area contributed by atoms with Crippen molar-refractivity contribution in [3.05, 3.63) is 59.7 Å². The zero-order valence-corrected chi connectivity index (χ0v) is 15.9. The minimum absolute atomic E-state index is 0.0869. The molecule has 0 saturated heterocycles. The van der Waals surface area contributed by atoms with Crippen LogP contribution in [0, 0.1) is 6.92 Å². The predicted octanol–water partition coefficient (Wildman–Crippen LogP) is 2.67. The largest absolute Gasteiger partial charge is 0.354 e. The molecule has 27 heavy (non-hydrogen) atoms. The van der Waals surface area contributed by atoms with Gasteiger partial charge in [-0.25, -0.2) is 0 Å². The highest BCUT2D eigenvalue weighted by Crippen LogP contribution is 2.19. The lowest BCUT2D eigenvalue weighted by Gasteiger charge is -2.22. The fourth-order valence-corrected chi connectivity index (χ4v) is 2.80. The summed E-state index contributed by atoms with van der Waals surface area (Å²) in [5.74, 6) is -0.399. The highest BCUT2D eigenvalue weighted by molar-refractivity contribution is 5.94. The Labute approximate surface area is 159 Å². The van der Waals surface area contributed by atoms with Crippen LogP contribution in [0.25, 0.3) is 0 Å². The first-order valence-electron chi connectivity index (χ1n) is 8.83. The van der Waals surface area contributed by atoms with Crippen molar-refractivity contribution >= 4 is 29.1 Å². The number of hydrogen-bond acceptors (Lipinski definition) is 3. The van der Waals surface area contributed by atoms with Crippen LogP contribution in [0.3, 0.4) is 0 Å². The molecule has 0 saturated carbocycles. The van der Waals surface area contributed by atoms with Crippen molar-refractivity contribution in [3.8, 4) is 0 Å². The zero-order valence-electron chi connectivity index (χ0n) is 15.9. The first-order chi connectivity index (χ1) is 12.8. The van der Waals surface area contributed by atoms with Crippen molar-refractivity contribution in [2.45, 2.75) is 27.2 Å². The Hall–Kier alpha value is -3.15. The fourth-order valence-electron chi connectivity index (χ4n) is 2.80. The van der Waals surface area contributed by atoms with E-state index in [2.05, 4.69) is 10.6 Å². The van der Waals surface area contributed by atoms with Crippen molar-refractivity contribution in [2.75, 3.05) is 23.3 Å². The van der Waals surface area contributed by atoms with E-state index in [1.165, 1.54) is 13.8 Å². The van der Waals surface area contributed by atoms with E-state index < -0.39 is 0 Å². The molecule has 0 radical (unpaired) electrons. The van der Waals surface area contributed by atoms with Gasteiger partial charge in [0.05, 0.1) is 6.42 Å². The number of hydrogen-bond donors (Lipinski definition) is 2. The highest BCUT2D eigenvalue weighted by Gasteiger charge is 2.13. The summed E-state index contributed by atoms with van der Waals surface area (Å²) in [6.07, 6.45) is 0.305. The number of benzene rings is 2. The summed E-state index contributed by atoms with van der Waals surface area (Å²) in [6, 6.07) is 14.9. The van der Waals surface area contributed by atoms with E-state index in [-0.39, 0.29) is 17.7 Å². The Morgan fingerprint density at radius 3 is 2.41 bits per heavy atom. The van der Waals surface area contributed by atoms with Crippen molar-refractivity contribution in [3.63, 3.8) is 0 Å². The molecule has 0 aromatic heterocycles. The molecular formula is C21H25N3O3. The van der Waals surface area contributed by atoms with E-state index in [1.54, 1.807) is 29.2 Å². The second-order valence-electron chi connectivity index (χ2n) is 6.42. The summed E-state index contributed by atoms with van der Waals surface area (Å²) in [5.41, 5.74) is 3.36. The summed E-state index contributed by atoms with van der Waals surface area (Å²) in [7, 11) is 0. The average Bonchev–Trinajstić information content (AvgIpc) is 2.58. The quantitative estimate of drug-likeness (QED) is 0.790. The number of amides is 3. The molecule has 6 heteroatoms. The fraction of sp³-hybridized carbons (Fsp3) is 0.286. The Balaban J connectivity index is 1.94. The number of aryl methyl sites for hydroxylation is 1. The third-order valence-electron chi connectivity index (χ3n) is 3.96. The maximum Gasteiger partial charge on any atom is 0.224 e.